The molecule has 0 radical (unpaired) electrons. The molecule has 0 unspecified atom stereocenters. The zero-order valence-electron chi connectivity index (χ0n) is 29.8. The van der Waals surface area contributed by atoms with Crippen LogP contribution in [-0.2, 0) is 0 Å². The lowest BCUT2D eigenvalue weighted by molar-refractivity contribution is 0.669. The molecule has 7 heteroatoms. The van der Waals surface area contributed by atoms with Crippen molar-refractivity contribution in [2.24, 2.45) is 0 Å². The predicted molar refractivity (Wildman–Crippen MR) is 228 cm³/mol. The van der Waals surface area contributed by atoms with Gasteiger partial charge >= 0.3 is 0 Å². The van der Waals surface area contributed by atoms with E-state index in [9.17, 15) is 0 Å². The fourth-order valence-electron chi connectivity index (χ4n) is 7.45. The highest BCUT2D eigenvalue weighted by molar-refractivity contribution is 7.26. The molecule has 262 valence electrons. The normalized spacial score (nSPS) is 11.6. The zero-order valence-corrected chi connectivity index (χ0v) is 30.6. The molecule has 0 amide bonds. The molecule has 0 saturated heterocycles. The lowest BCUT2D eigenvalue weighted by Gasteiger charge is -2.10. The molecule has 4 aromatic heterocycles. The summed E-state index contributed by atoms with van der Waals surface area (Å²) in [5, 5.41) is 3.05. The van der Waals surface area contributed by atoms with Gasteiger partial charge in [-0.2, -0.15) is 0 Å². The van der Waals surface area contributed by atoms with Gasteiger partial charge in [-0.25, -0.2) is 24.9 Å². The second kappa shape index (κ2) is 13.2. The molecule has 7 aromatic carbocycles. The Morgan fingerprint density at radius 2 is 0.929 bits per heavy atom. The van der Waals surface area contributed by atoms with Gasteiger partial charge in [0.2, 0.25) is 0 Å². The summed E-state index contributed by atoms with van der Waals surface area (Å²) in [7, 11) is 0. The maximum atomic E-state index is 6.64. The van der Waals surface area contributed by atoms with Crippen molar-refractivity contribution in [1.29, 1.82) is 0 Å². The maximum Gasteiger partial charge on any atom is 0.164 e. The molecule has 0 fully saturated rings. The van der Waals surface area contributed by atoms with Crippen LogP contribution >= 0.6 is 11.3 Å². The Kier molecular flexibility index (Phi) is 7.57. The van der Waals surface area contributed by atoms with Crippen LogP contribution in [0.4, 0.5) is 0 Å². The molecule has 6 nitrogen and oxygen atoms in total. The molecule has 11 rings (SSSR count). The molecule has 0 bridgehead atoms. The Morgan fingerprint density at radius 1 is 0.375 bits per heavy atom. The van der Waals surface area contributed by atoms with Crippen molar-refractivity contribution in [3.05, 3.63) is 176 Å². The molecular weight excluding hydrogens is 707 g/mol. The van der Waals surface area contributed by atoms with E-state index in [0.717, 1.165) is 82.2 Å². The van der Waals surface area contributed by atoms with Crippen molar-refractivity contribution in [3.63, 3.8) is 0 Å². The SMILES string of the molecule is c1ccc(-c2ccc(-c3nc(-c4ccccc4)nc(-c4cccc5oc6cc(-c7nc(-c8ccccc8)nc8c7sc7ccccc78)ccc6c45)n3)cc2)cc1. The summed E-state index contributed by atoms with van der Waals surface area (Å²) in [6.45, 7) is 0. The van der Waals surface area contributed by atoms with Crippen LogP contribution in [0.3, 0.4) is 0 Å². The fourth-order valence-corrected chi connectivity index (χ4v) is 8.60. The first-order chi connectivity index (χ1) is 27.7. The molecule has 0 aliphatic rings. The zero-order chi connectivity index (χ0) is 37.0. The Balaban J connectivity index is 1.07. The van der Waals surface area contributed by atoms with Crippen molar-refractivity contribution in [2.75, 3.05) is 0 Å². The van der Waals surface area contributed by atoms with Gasteiger partial charge in [0.05, 0.1) is 15.9 Å². The Labute approximate surface area is 325 Å². The van der Waals surface area contributed by atoms with E-state index >= 15 is 0 Å². The molecule has 56 heavy (non-hydrogen) atoms. The maximum absolute atomic E-state index is 6.64. The van der Waals surface area contributed by atoms with Gasteiger partial charge in [0.25, 0.3) is 0 Å². The molecule has 0 spiro atoms. The molecule has 0 aliphatic heterocycles. The largest absolute Gasteiger partial charge is 0.456 e. The first kappa shape index (κ1) is 32.1. The third-order valence-electron chi connectivity index (χ3n) is 10.2. The quantitative estimate of drug-likeness (QED) is 0.169. The minimum atomic E-state index is 0.577. The first-order valence-corrected chi connectivity index (χ1v) is 19.2. The highest BCUT2D eigenvalue weighted by Crippen LogP contribution is 2.42. The summed E-state index contributed by atoms with van der Waals surface area (Å²) in [5.41, 5.74) is 10.3. The summed E-state index contributed by atoms with van der Waals surface area (Å²) >= 11 is 1.72. The van der Waals surface area contributed by atoms with Crippen LogP contribution in [-0.4, -0.2) is 24.9 Å². The third kappa shape index (κ3) is 5.52. The molecule has 0 saturated carbocycles. The summed E-state index contributed by atoms with van der Waals surface area (Å²) in [6, 6.07) is 59.8. The number of rotatable bonds is 6. The number of benzene rings is 7. The number of thiophene rings is 1. The predicted octanol–water partition coefficient (Wildman–Crippen LogP) is 12.9. The van der Waals surface area contributed by atoms with Crippen LogP contribution in [0.5, 0.6) is 0 Å². The second-order valence-corrected chi connectivity index (χ2v) is 14.7. The van der Waals surface area contributed by atoms with Crippen LogP contribution in [0.2, 0.25) is 0 Å². The number of aromatic nitrogens is 5. The number of nitrogens with zero attached hydrogens (tertiary/aromatic N) is 5. The van der Waals surface area contributed by atoms with E-state index in [-0.39, 0.29) is 0 Å². The van der Waals surface area contributed by atoms with Crippen LogP contribution in [0.25, 0.3) is 110 Å². The smallest absolute Gasteiger partial charge is 0.164 e. The van der Waals surface area contributed by atoms with E-state index in [1.165, 1.54) is 4.70 Å². The topological polar surface area (TPSA) is 77.6 Å². The standard InChI is InChI=1S/C49H29N5OS/c1-4-13-30(14-5-1)31-23-25-34(26-24-31)48-52-47(33-17-8-3-9-18-33)53-49(54-48)38-20-12-21-39-42(38)36-28-27-35(29-40(36)55-39)43-45-44(37-19-10-11-22-41(37)56-45)51-46(50-43)32-15-6-2-7-16-32/h1-29H. The lowest BCUT2D eigenvalue weighted by Crippen LogP contribution is -2.00. The Hall–Kier alpha value is -7.35. The minimum absolute atomic E-state index is 0.577. The summed E-state index contributed by atoms with van der Waals surface area (Å²) in [4.78, 5) is 25.5. The highest BCUT2D eigenvalue weighted by atomic mass is 32.1. The first-order valence-electron chi connectivity index (χ1n) is 18.4. The third-order valence-corrected chi connectivity index (χ3v) is 11.3. The second-order valence-electron chi connectivity index (χ2n) is 13.6. The van der Waals surface area contributed by atoms with E-state index in [1.807, 2.05) is 66.7 Å². The summed E-state index contributed by atoms with van der Waals surface area (Å²) in [6.07, 6.45) is 0. The lowest BCUT2D eigenvalue weighted by atomic mass is 10.0. The molecule has 0 aliphatic carbocycles. The van der Waals surface area contributed by atoms with Crippen molar-refractivity contribution in [1.82, 2.24) is 24.9 Å². The van der Waals surface area contributed by atoms with Crippen LogP contribution in [0, 0.1) is 0 Å². The van der Waals surface area contributed by atoms with Crippen molar-refractivity contribution in [2.45, 2.75) is 0 Å². The highest BCUT2D eigenvalue weighted by Gasteiger charge is 2.21. The number of fused-ring (bicyclic) bond motifs is 6. The fraction of sp³-hybridized carbons (Fsp3) is 0. The van der Waals surface area contributed by atoms with Gasteiger partial charge in [-0.05, 0) is 35.4 Å². The van der Waals surface area contributed by atoms with Crippen LogP contribution in [0.1, 0.15) is 0 Å². The van der Waals surface area contributed by atoms with Gasteiger partial charge in [-0.1, -0.05) is 152 Å². The van der Waals surface area contributed by atoms with Gasteiger partial charge < -0.3 is 4.42 Å². The van der Waals surface area contributed by atoms with Crippen molar-refractivity contribution < 1.29 is 4.42 Å². The number of hydrogen-bond donors (Lipinski definition) is 0. The monoisotopic (exact) mass is 735 g/mol. The average molecular weight is 736 g/mol. The molecular formula is C49H29N5OS. The summed E-state index contributed by atoms with van der Waals surface area (Å²) in [5.74, 6) is 2.48. The molecule has 4 heterocycles. The molecule has 0 atom stereocenters. The Bertz CT molecular complexity index is 3230. The van der Waals surface area contributed by atoms with Gasteiger partial charge in [0.1, 0.15) is 11.2 Å². The number of hydrogen-bond acceptors (Lipinski definition) is 7. The van der Waals surface area contributed by atoms with Crippen molar-refractivity contribution >= 4 is 53.6 Å². The van der Waals surface area contributed by atoms with Gasteiger partial charge in [-0.15, -0.1) is 11.3 Å². The minimum Gasteiger partial charge on any atom is -0.456 e. The van der Waals surface area contributed by atoms with E-state index in [1.54, 1.807) is 11.3 Å². The van der Waals surface area contributed by atoms with E-state index < -0.39 is 0 Å². The molecule has 11 aromatic rings. The summed E-state index contributed by atoms with van der Waals surface area (Å²) < 4.78 is 8.86. The average Bonchev–Trinajstić information content (AvgIpc) is 3.85. The van der Waals surface area contributed by atoms with Gasteiger partial charge in [0, 0.05) is 48.7 Å². The van der Waals surface area contributed by atoms with E-state index in [0.29, 0.717) is 23.3 Å². The molecule has 0 N–H and O–H groups in total. The van der Waals surface area contributed by atoms with Gasteiger partial charge in [-0.3, -0.25) is 0 Å². The number of furan rings is 1. The van der Waals surface area contributed by atoms with Crippen molar-refractivity contribution in [3.8, 4) is 67.9 Å². The van der Waals surface area contributed by atoms with Crippen LogP contribution < -0.4 is 0 Å². The van der Waals surface area contributed by atoms with Crippen LogP contribution in [0.15, 0.2) is 180 Å². The van der Waals surface area contributed by atoms with Gasteiger partial charge in [0.15, 0.2) is 23.3 Å². The Morgan fingerprint density at radius 3 is 1.64 bits per heavy atom. The van der Waals surface area contributed by atoms with E-state index in [2.05, 4.69) is 109 Å². The van der Waals surface area contributed by atoms with E-state index in [4.69, 9.17) is 29.3 Å².